The molecule has 0 aliphatic heterocycles. The van der Waals surface area contributed by atoms with Gasteiger partial charge in [0.05, 0.1) is 11.8 Å². The molecule has 4 nitrogen and oxygen atoms in total. The van der Waals surface area contributed by atoms with Crippen LogP contribution >= 0.6 is 0 Å². The summed E-state index contributed by atoms with van der Waals surface area (Å²) in [6.45, 7) is 2.65. The molecule has 0 radical (unpaired) electrons. The molecule has 0 saturated heterocycles. The van der Waals surface area contributed by atoms with Crippen LogP contribution in [-0.4, -0.2) is 27.4 Å². The van der Waals surface area contributed by atoms with Crippen molar-refractivity contribution in [3.05, 3.63) is 78.0 Å². The third-order valence-electron chi connectivity index (χ3n) is 4.18. The molecule has 3 rings (SSSR count). The molecule has 124 valence electrons. The Morgan fingerprint density at radius 3 is 2.42 bits per heavy atom. The lowest BCUT2D eigenvalue weighted by atomic mass is 10.0. The predicted octanol–water partition coefficient (Wildman–Crippen LogP) is 3.16. The zero-order valence-corrected chi connectivity index (χ0v) is 13.8. The number of hydrogen-bond acceptors (Lipinski definition) is 3. The van der Waals surface area contributed by atoms with Gasteiger partial charge < -0.3 is 10.4 Å². The molecule has 1 heterocycles. The monoisotopic (exact) mass is 321 g/mol. The van der Waals surface area contributed by atoms with Crippen LogP contribution in [0.2, 0.25) is 0 Å². The third-order valence-corrected chi connectivity index (χ3v) is 4.18. The van der Waals surface area contributed by atoms with Gasteiger partial charge in [-0.1, -0.05) is 60.7 Å². The zero-order chi connectivity index (χ0) is 16.8. The van der Waals surface area contributed by atoms with Gasteiger partial charge in [0.2, 0.25) is 0 Å². The first-order valence-corrected chi connectivity index (χ1v) is 8.27. The highest BCUT2D eigenvalue weighted by Crippen LogP contribution is 2.17. The second kappa shape index (κ2) is 7.90. The van der Waals surface area contributed by atoms with E-state index in [4.69, 9.17) is 0 Å². The summed E-state index contributed by atoms with van der Waals surface area (Å²) >= 11 is 0. The summed E-state index contributed by atoms with van der Waals surface area (Å²) in [5.41, 5.74) is 4.18. The molecule has 2 unspecified atom stereocenters. The Kier molecular flexibility index (Phi) is 5.41. The fraction of sp³-hybridized carbons (Fsp3) is 0.250. The first kappa shape index (κ1) is 16.4. The zero-order valence-electron chi connectivity index (χ0n) is 13.8. The standard InChI is InChI=1S/C20H23N3O/c1-15(20(24)12-16-8-4-2-5-9-16)21-14-18-13-19(23-22-18)17-10-6-3-7-11-17/h2-11,13,15,20-21,24H,12,14H2,1H3,(H,22,23). The Morgan fingerprint density at radius 1 is 1.04 bits per heavy atom. The maximum absolute atomic E-state index is 10.3. The van der Waals surface area contributed by atoms with Crippen LogP contribution in [0.3, 0.4) is 0 Å². The molecule has 0 aliphatic rings. The lowest BCUT2D eigenvalue weighted by molar-refractivity contribution is 0.133. The van der Waals surface area contributed by atoms with Crippen molar-refractivity contribution in [2.45, 2.75) is 32.0 Å². The molecular formula is C20H23N3O. The number of aliphatic hydroxyl groups excluding tert-OH is 1. The fourth-order valence-electron chi connectivity index (χ4n) is 2.65. The number of aromatic nitrogens is 2. The van der Waals surface area contributed by atoms with Gasteiger partial charge in [0.1, 0.15) is 0 Å². The van der Waals surface area contributed by atoms with Crippen molar-refractivity contribution in [2.75, 3.05) is 0 Å². The Morgan fingerprint density at radius 2 is 1.71 bits per heavy atom. The minimum atomic E-state index is -0.427. The van der Waals surface area contributed by atoms with Crippen LogP contribution in [0.25, 0.3) is 11.3 Å². The summed E-state index contributed by atoms with van der Waals surface area (Å²) < 4.78 is 0. The SMILES string of the molecule is CC(NCc1cc(-c2ccccc2)n[nH]1)C(O)Cc1ccccc1. The van der Waals surface area contributed by atoms with Gasteiger partial charge in [-0.2, -0.15) is 5.10 Å². The molecule has 24 heavy (non-hydrogen) atoms. The van der Waals surface area contributed by atoms with Crippen LogP contribution in [0.1, 0.15) is 18.2 Å². The number of H-pyrrole nitrogens is 1. The van der Waals surface area contributed by atoms with Gasteiger partial charge >= 0.3 is 0 Å². The second-order valence-electron chi connectivity index (χ2n) is 6.07. The normalized spacial score (nSPS) is 13.6. The van der Waals surface area contributed by atoms with E-state index in [1.165, 1.54) is 0 Å². The van der Waals surface area contributed by atoms with Gasteiger partial charge in [-0.05, 0) is 25.0 Å². The molecule has 4 heteroatoms. The van der Waals surface area contributed by atoms with E-state index in [0.29, 0.717) is 13.0 Å². The maximum Gasteiger partial charge on any atom is 0.0924 e. The number of rotatable bonds is 7. The first-order chi connectivity index (χ1) is 11.7. The minimum Gasteiger partial charge on any atom is -0.391 e. The number of nitrogens with zero attached hydrogens (tertiary/aromatic N) is 1. The van der Waals surface area contributed by atoms with Crippen LogP contribution in [0, 0.1) is 0 Å². The first-order valence-electron chi connectivity index (χ1n) is 8.27. The summed E-state index contributed by atoms with van der Waals surface area (Å²) in [5.74, 6) is 0. The van der Waals surface area contributed by atoms with Gasteiger partial charge in [-0.15, -0.1) is 0 Å². The van der Waals surface area contributed by atoms with E-state index < -0.39 is 6.10 Å². The molecule has 0 amide bonds. The van der Waals surface area contributed by atoms with Gasteiger partial charge in [-0.25, -0.2) is 0 Å². The molecule has 1 aromatic heterocycles. The quantitative estimate of drug-likeness (QED) is 0.626. The van der Waals surface area contributed by atoms with Crippen molar-refractivity contribution in [3.8, 4) is 11.3 Å². The fourth-order valence-corrected chi connectivity index (χ4v) is 2.65. The average molecular weight is 321 g/mol. The molecule has 0 aliphatic carbocycles. The number of hydrogen-bond donors (Lipinski definition) is 3. The van der Waals surface area contributed by atoms with E-state index in [-0.39, 0.29) is 6.04 Å². The number of nitrogens with one attached hydrogen (secondary N) is 2. The number of benzene rings is 2. The van der Waals surface area contributed by atoms with Crippen LogP contribution in [0.4, 0.5) is 0 Å². The topological polar surface area (TPSA) is 60.9 Å². The predicted molar refractivity (Wildman–Crippen MR) is 96.5 cm³/mol. The van der Waals surface area contributed by atoms with Crippen molar-refractivity contribution in [3.63, 3.8) is 0 Å². The molecule has 3 N–H and O–H groups in total. The van der Waals surface area contributed by atoms with Crippen molar-refractivity contribution in [1.29, 1.82) is 0 Å². The van der Waals surface area contributed by atoms with Gasteiger partial charge in [-0.3, -0.25) is 5.10 Å². The molecule has 0 saturated carbocycles. The average Bonchev–Trinajstić information content (AvgIpc) is 3.10. The molecular weight excluding hydrogens is 298 g/mol. The highest BCUT2D eigenvalue weighted by Gasteiger charge is 2.14. The van der Waals surface area contributed by atoms with E-state index in [1.807, 2.05) is 73.7 Å². The maximum atomic E-state index is 10.3. The van der Waals surface area contributed by atoms with Crippen molar-refractivity contribution < 1.29 is 5.11 Å². The number of aliphatic hydroxyl groups is 1. The minimum absolute atomic E-state index is 0.00585. The van der Waals surface area contributed by atoms with Crippen molar-refractivity contribution in [1.82, 2.24) is 15.5 Å². The van der Waals surface area contributed by atoms with Gasteiger partial charge in [0.15, 0.2) is 0 Å². The smallest absolute Gasteiger partial charge is 0.0924 e. The Balaban J connectivity index is 1.53. The molecule has 0 spiro atoms. The van der Waals surface area contributed by atoms with Crippen LogP contribution in [0.5, 0.6) is 0 Å². The largest absolute Gasteiger partial charge is 0.391 e. The van der Waals surface area contributed by atoms with E-state index in [0.717, 1.165) is 22.5 Å². The van der Waals surface area contributed by atoms with E-state index >= 15 is 0 Å². The van der Waals surface area contributed by atoms with Crippen molar-refractivity contribution in [2.24, 2.45) is 0 Å². The Hall–Kier alpha value is -2.43. The van der Waals surface area contributed by atoms with Gasteiger partial charge in [0.25, 0.3) is 0 Å². The molecule has 0 bridgehead atoms. The molecule has 2 atom stereocenters. The summed E-state index contributed by atoms with van der Waals surface area (Å²) in [5, 5.41) is 21.1. The summed E-state index contributed by atoms with van der Waals surface area (Å²) in [6, 6.07) is 22.2. The highest BCUT2D eigenvalue weighted by atomic mass is 16.3. The van der Waals surface area contributed by atoms with Crippen molar-refractivity contribution >= 4 is 0 Å². The van der Waals surface area contributed by atoms with Crippen LogP contribution in [0.15, 0.2) is 66.7 Å². The van der Waals surface area contributed by atoms with Crippen LogP contribution < -0.4 is 5.32 Å². The number of aromatic amines is 1. The van der Waals surface area contributed by atoms with E-state index in [1.54, 1.807) is 0 Å². The lowest BCUT2D eigenvalue weighted by Crippen LogP contribution is -2.38. The summed E-state index contributed by atoms with van der Waals surface area (Å²) in [6.07, 6.45) is 0.219. The van der Waals surface area contributed by atoms with E-state index in [2.05, 4.69) is 15.5 Å². The highest BCUT2D eigenvalue weighted by molar-refractivity contribution is 5.58. The molecule has 3 aromatic rings. The third kappa shape index (κ3) is 4.31. The van der Waals surface area contributed by atoms with Crippen LogP contribution in [-0.2, 0) is 13.0 Å². The van der Waals surface area contributed by atoms with Gasteiger partial charge in [0, 0.05) is 23.8 Å². The Bertz CT molecular complexity index is 740. The Labute approximate surface area is 142 Å². The molecule has 0 fully saturated rings. The lowest BCUT2D eigenvalue weighted by Gasteiger charge is -2.20. The summed E-state index contributed by atoms with van der Waals surface area (Å²) in [4.78, 5) is 0. The molecule has 2 aromatic carbocycles. The van der Waals surface area contributed by atoms with E-state index in [9.17, 15) is 5.11 Å². The summed E-state index contributed by atoms with van der Waals surface area (Å²) in [7, 11) is 0. The second-order valence-corrected chi connectivity index (χ2v) is 6.07.